The minimum absolute atomic E-state index is 0.242. The van der Waals surface area contributed by atoms with Crippen LogP contribution in [0.15, 0.2) is 9.79 Å². The van der Waals surface area contributed by atoms with E-state index >= 15 is 0 Å². The maximum absolute atomic E-state index is 13.1. The summed E-state index contributed by atoms with van der Waals surface area (Å²) in [6, 6.07) is 0. The summed E-state index contributed by atoms with van der Waals surface area (Å²) in [5.74, 6) is 0.425. The Bertz CT molecular complexity index is 1650. The number of carbonyl (C=O) groups excluding carboxylic acids is 2. The molecule has 0 bridgehead atoms. The van der Waals surface area contributed by atoms with Gasteiger partial charge in [-0.15, -0.1) is 11.8 Å². The fraction of sp³-hybridized carbons (Fsp3) is 0.750. The molecule has 0 unspecified atom stereocenters. The number of nitrogens with zero attached hydrogens (tertiary/aromatic N) is 6. The van der Waals surface area contributed by atoms with Crippen LogP contribution in [-0.2, 0) is 33.4 Å². The number of hydrogen-bond acceptors (Lipinski definition) is 9. The van der Waals surface area contributed by atoms with Crippen LogP contribution in [0.5, 0.6) is 0 Å². The molecule has 2 aliphatic rings. The Morgan fingerprint density at radius 1 is 0.769 bits per heavy atom. The number of rotatable bonds is 8. The molecular weight excluding hydrogens is 775 g/mol. The van der Waals surface area contributed by atoms with Gasteiger partial charge in [0, 0.05) is 46.0 Å². The number of thioether (sulfide) groups is 1. The van der Waals surface area contributed by atoms with Gasteiger partial charge >= 0.3 is 12.2 Å². The molecule has 2 fully saturated rings. The molecule has 2 aromatic heterocycles. The molecule has 0 spiro atoms. The molecule has 2 amide bonds. The summed E-state index contributed by atoms with van der Waals surface area (Å²) in [7, 11) is -1.18. The number of piperidine rings is 2. The zero-order chi connectivity index (χ0) is 39.3. The molecule has 296 valence electrons. The van der Waals surface area contributed by atoms with E-state index in [0.717, 1.165) is 17.5 Å². The molecular formula is C32H48Cl2F4N6O6S2. The van der Waals surface area contributed by atoms with Crippen LogP contribution in [0.3, 0.4) is 0 Å². The number of aromatic nitrogens is 4. The predicted octanol–water partition coefficient (Wildman–Crippen LogP) is 8.18. The highest BCUT2D eigenvalue weighted by Crippen LogP contribution is 2.38. The van der Waals surface area contributed by atoms with E-state index in [0.29, 0.717) is 55.6 Å². The number of carbonyl (C=O) groups is 2. The van der Waals surface area contributed by atoms with E-state index in [2.05, 4.69) is 10.2 Å². The Labute approximate surface area is 316 Å². The lowest BCUT2D eigenvalue weighted by Crippen LogP contribution is -2.42. The van der Waals surface area contributed by atoms with Crippen molar-refractivity contribution >= 4 is 57.0 Å². The Morgan fingerprint density at radius 2 is 1.17 bits per heavy atom. The molecule has 0 aromatic carbocycles. The second kappa shape index (κ2) is 17.8. The minimum atomic E-state index is -4.04. The van der Waals surface area contributed by atoms with Crippen molar-refractivity contribution in [1.82, 2.24) is 29.4 Å². The number of alkyl halides is 4. The quantitative estimate of drug-likeness (QED) is 0.191. The van der Waals surface area contributed by atoms with E-state index in [9.17, 15) is 35.6 Å². The van der Waals surface area contributed by atoms with Gasteiger partial charge in [-0.1, -0.05) is 23.2 Å². The van der Waals surface area contributed by atoms with E-state index in [1.165, 1.54) is 28.4 Å². The summed E-state index contributed by atoms with van der Waals surface area (Å²) < 4.78 is 90.7. The van der Waals surface area contributed by atoms with Crippen molar-refractivity contribution in [2.24, 2.45) is 25.9 Å². The van der Waals surface area contributed by atoms with Crippen molar-refractivity contribution < 1.29 is 45.0 Å². The third kappa shape index (κ3) is 12.3. The van der Waals surface area contributed by atoms with Crippen molar-refractivity contribution in [2.75, 3.05) is 37.7 Å². The Kier molecular flexibility index (Phi) is 15.0. The van der Waals surface area contributed by atoms with Gasteiger partial charge in [0.25, 0.3) is 12.9 Å². The maximum atomic E-state index is 13.1. The predicted molar refractivity (Wildman–Crippen MR) is 190 cm³/mol. The number of hydrogen-bond donors (Lipinski definition) is 0. The standard InChI is InChI=1S/C16H24ClF2N3O4S.C16H24ClF2N3O2S/c1-16(2,3)26-15(23)22-7-5-10(6-8-22)9-27(24,25)12-11(14(18)19)20-21(4)13(12)17;1-16(2,3)24-15(23)22-7-5-10(6-8-22)9-25-12-11(14(18)19)20-21(4)13(12)17/h10,14H,5-9H2,1-4H3;10,14H,5-9H2,1-4H3. The zero-order valence-electron chi connectivity index (χ0n) is 30.6. The van der Waals surface area contributed by atoms with E-state index in [1.54, 1.807) is 32.7 Å². The summed E-state index contributed by atoms with van der Waals surface area (Å²) >= 11 is 13.3. The second-order valence-corrected chi connectivity index (χ2v) is 18.5. The maximum Gasteiger partial charge on any atom is 0.410 e. The number of halogens is 6. The lowest BCUT2D eigenvalue weighted by Gasteiger charge is -2.33. The first-order valence-corrected chi connectivity index (χ1v) is 20.1. The van der Waals surface area contributed by atoms with Gasteiger partial charge in [0.05, 0.1) is 10.6 Å². The lowest BCUT2D eigenvalue weighted by molar-refractivity contribution is 0.0180. The molecule has 0 atom stereocenters. The highest BCUT2D eigenvalue weighted by Gasteiger charge is 2.36. The number of sulfone groups is 1. The smallest absolute Gasteiger partial charge is 0.410 e. The number of ether oxygens (including phenoxy) is 2. The molecule has 52 heavy (non-hydrogen) atoms. The Hall–Kier alpha value is -2.44. The van der Waals surface area contributed by atoms with Crippen molar-refractivity contribution in [3.63, 3.8) is 0 Å². The second-order valence-electron chi connectivity index (χ2n) is 14.8. The van der Waals surface area contributed by atoms with Crippen LogP contribution in [0.4, 0.5) is 27.2 Å². The van der Waals surface area contributed by atoms with Gasteiger partial charge in [-0.05, 0) is 79.1 Å². The van der Waals surface area contributed by atoms with Crippen LogP contribution in [0, 0.1) is 11.8 Å². The topological polar surface area (TPSA) is 129 Å². The summed E-state index contributed by atoms with van der Waals surface area (Å²) in [5.41, 5.74) is -2.20. The number of likely N-dealkylation sites (tertiary alicyclic amines) is 2. The van der Waals surface area contributed by atoms with Crippen molar-refractivity contribution in [3.05, 3.63) is 21.7 Å². The zero-order valence-corrected chi connectivity index (χ0v) is 33.7. The van der Waals surface area contributed by atoms with Gasteiger partial charge in [-0.2, -0.15) is 10.2 Å². The first-order chi connectivity index (χ1) is 23.9. The van der Waals surface area contributed by atoms with E-state index < -0.39 is 50.6 Å². The minimum Gasteiger partial charge on any atom is -0.444 e. The summed E-state index contributed by atoms with van der Waals surface area (Å²) in [6.07, 6.45) is -3.94. The average Bonchev–Trinajstić information content (AvgIpc) is 3.49. The first kappa shape index (κ1) is 44.0. The normalized spacial score (nSPS) is 16.7. The lowest BCUT2D eigenvalue weighted by atomic mass is 9.99. The van der Waals surface area contributed by atoms with Gasteiger partial charge in [0.2, 0.25) is 0 Å². The Balaban J connectivity index is 0.000000281. The first-order valence-electron chi connectivity index (χ1n) is 16.7. The van der Waals surface area contributed by atoms with Crippen LogP contribution in [0.1, 0.15) is 91.5 Å². The van der Waals surface area contributed by atoms with Crippen LogP contribution in [0.2, 0.25) is 10.3 Å². The number of aryl methyl sites for hydroxylation is 2. The van der Waals surface area contributed by atoms with E-state index in [4.69, 9.17) is 32.7 Å². The molecule has 0 radical (unpaired) electrons. The molecule has 2 saturated heterocycles. The highest BCUT2D eigenvalue weighted by atomic mass is 35.5. The van der Waals surface area contributed by atoms with E-state index in [-0.39, 0.29) is 33.8 Å². The van der Waals surface area contributed by atoms with Crippen molar-refractivity contribution in [2.45, 2.75) is 101 Å². The fourth-order valence-electron chi connectivity index (χ4n) is 5.53. The van der Waals surface area contributed by atoms with Gasteiger partial charge in [-0.3, -0.25) is 9.36 Å². The summed E-state index contributed by atoms with van der Waals surface area (Å²) in [5, 5.41) is 7.23. The van der Waals surface area contributed by atoms with Crippen LogP contribution in [-0.4, -0.2) is 98.9 Å². The fourth-order valence-corrected chi connectivity index (χ4v) is 9.53. The number of amides is 2. The largest absolute Gasteiger partial charge is 0.444 e. The van der Waals surface area contributed by atoms with Gasteiger partial charge < -0.3 is 19.3 Å². The van der Waals surface area contributed by atoms with Crippen LogP contribution >= 0.6 is 35.0 Å². The molecule has 20 heteroatoms. The third-order valence-electron chi connectivity index (χ3n) is 8.10. The molecule has 2 aromatic rings. The highest BCUT2D eigenvalue weighted by molar-refractivity contribution is 7.99. The van der Waals surface area contributed by atoms with Crippen molar-refractivity contribution in [3.8, 4) is 0 Å². The van der Waals surface area contributed by atoms with Gasteiger partial charge in [0.15, 0.2) is 9.84 Å². The van der Waals surface area contributed by atoms with Crippen LogP contribution in [0.25, 0.3) is 0 Å². The molecule has 4 heterocycles. The van der Waals surface area contributed by atoms with Gasteiger partial charge in [0.1, 0.15) is 37.8 Å². The molecule has 4 rings (SSSR count). The monoisotopic (exact) mass is 822 g/mol. The third-order valence-corrected chi connectivity index (χ3v) is 12.5. The van der Waals surface area contributed by atoms with Crippen LogP contribution < -0.4 is 0 Å². The van der Waals surface area contributed by atoms with Gasteiger partial charge in [-0.25, -0.2) is 35.6 Å². The molecule has 0 N–H and O–H groups in total. The van der Waals surface area contributed by atoms with E-state index in [1.807, 2.05) is 20.8 Å². The van der Waals surface area contributed by atoms with Crippen molar-refractivity contribution in [1.29, 1.82) is 0 Å². The average molecular weight is 824 g/mol. The molecule has 0 aliphatic carbocycles. The Morgan fingerprint density at radius 3 is 1.60 bits per heavy atom. The molecule has 0 saturated carbocycles. The summed E-state index contributed by atoms with van der Waals surface area (Å²) in [4.78, 5) is 27.1. The SMILES string of the molecule is Cn1nc(C(F)F)c(S(=O)(=O)CC2CCN(C(=O)OC(C)(C)C)CC2)c1Cl.Cn1nc(C(F)F)c(SCC2CCN(C(=O)OC(C)(C)C)CC2)c1Cl. The molecule has 2 aliphatic heterocycles. The summed E-state index contributed by atoms with van der Waals surface area (Å²) in [6.45, 7) is 12.7. The molecule has 12 nitrogen and oxygen atoms in total.